The summed E-state index contributed by atoms with van der Waals surface area (Å²) in [6, 6.07) is 4.02. The number of nitrogens with zero attached hydrogens (tertiary/aromatic N) is 5. The third-order valence-electron chi connectivity index (χ3n) is 4.50. The minimum atomic E-state index is 0.0367. The highest BCUT2D eigenvalue weighted by molar-refractivity contribution is 7.13. The Bertz CT molecular complexity index is 809. The molecule has 3 aromatic rings. The number of hydrogen-bond acceptors (Lipinski definition) is 7. The van der Waals surface area contributed by atoms with Gasteiger partial charge in [-0.15, -0.1) is 21.5 Å². The molecule has 0 saturated heterocycles. The van der Waals surface area contributed by atoms with Crippen LogP contribution in [0.5, 0.6) is 0 Å². The van der Waals surface area contributed by atoms with Gasteiger partial charge in [0.1, 0.15) is 11.6 Å². The summed E-state index contributed by atoms with van der Waals surface area (Å²) in [6.07, 6.45) is 2.12. The summed E-state index contributed by atoms with van der Waals surface area (Å²) in [4.78, 5) is 5.53. The Morgan fingerprint density at radius 3 is 3.21 bits per heavy atom. The van der Waals surface area contributed by atoms with Crippen LogP contribution < -0.4 is 5.32 Å². The molecule has 0 aliphatic carbocycles. The summed E-state index contributed by atoms with van der Waals surface area (Å²) in [6.45, 7) is 5.95. The fraction of sp³-hybridized carbons (Fsp3) is 0.500. The first kappa shape index (κ1) is 15.5. The minimum Gasteiger partial charge on any atom is -0.337 e. The molecule has 24 heavy (non-hydrogen) atoms. The standard InChI is InChI=1S/C16H20N6OS/c1-10(16-18-15(21-23-16)13-4-3-7-24-13)17-8-12-5-6-14-20-19-11(2)22(14)9-12/h3-4,7,10,12,17H,5-6,8-9H2,1-2H3/t10-,12-/m0/s1. The molecule has 2 atom stereocenters. The summed E-state index contributed by atoms with van der Waals surface area (Å²) < 4.78 is 7.64. The Morgan fingerprint density at radius 2 is 2.38 bits per heavy atom. The fourth-order valence-corrected chi connectivity index (χ4v) is 3.69. The molecular formula is C16H20N6OS. The SMILES string of the molecule is Cc1nnc2n1C[C@H](CN[C@@H](C)c1nc(-c3cccs3)no1)CC2. The number of aromatic nitrogens is 5. The van der Waals surface area contributed by atoms with Gasteiger partial charge in [0.25, 0.3) is 0 Å². The maximum Gasteiger partial charge on any atom is 0.243 e. The largest absolute Gasteiger partial charge is 0.337 e. The summed E-state index contributed by atoms with van der Waals surface area (Å²) in [7, 11) is 0. The van der Waals surface area contributed by atoms with Crippen LogP contribution in [-0.4, -0.2) is 31.4 Å². The molecule has 0 bridgehead atoms. The lowest BCUT2D eigenvalue weighted by molar-refractivity contribution is 0.301. The minimum absolute atomic E-state index is 0.0367. The molecular weight excluding hydrogens is 324 g/mol. The number of rotatable bonds is 5. The molecule has 0 fully saturated rings. The Labute approximate surface area is 144 Å². The van der Waals surface area contributed by atoms with Crippen LogP contribution in [0, 0.1) is 12.8 Å². The summed E-state index contributed by atoms with van der Waals surface area (Å²) in [5, 5.41) is 18.0. The van der Waals surface area contributed by atoms with Gasteiger partial charge >= 0.3 is 0 Å². The predicted octanol–water partition coefficient (Wildman–Crippen LogP) is 2.61. The average Bonchev–Trinajstić information content (AvgIpc) is 3.33. The van der Waals surface area contributed by atoms with E-state index in [0.29, 0.717) is 17.6 Å². The third kappa shape index (κ3) is 2.99. The van der Waals surface area contributed by atoms with Crippen LogP contribution >= 0.6 is 11.3 Å². The summed E-state index contributed by atoms with van der Waals surface area (Å²) in [5.41, 5.74) is 0. The van der Waals surface area contributed by atoms with E-state index >= 15 is 0 Å². The van der Waals surface area contributed by atoms with E-state index in [9.17, 15) is 0 Å². The molecule has 0 spiro atoms. The maximum absolute atomic E-state index is 5.41. The molecule has 8 heteroatoms. The van der Waals surface area contributed by atoms with Gasteiger partial charge < -0.3 is 14.4 Å². The first-order chi connectivity index (χ1) is 11.7. The topological polar surface area (TPSA) is 81.7 Å². The van der Waals surface area contributed by atoms with E-state index in [4.69, 9.17) is 4.52 Å². The third-order valence-corrected chi connectivity index (χ3v) is 5.36. The van der Waals surface area contributed by atoms with Gasteiger partial charge in [0.15, 0.2) is 0 Å². The Kier molecular flexibility index (Phi) is 4.15. The second kappa shape index (κ2) is 6.45. The van der Waals surface area contributed by atoms with Crippen molar-refractivity contribution in [2.24, 2.45) is 5.92 Å². The van der Waals surface area contributed by atoms with Crippen molar-refractivity contribution < 1.29 is 4.52 Å². The molecule has 1 aliphatic heterocycles. The van der Waals surface area contributed by atoms with Crippen LogP contribution in [-0.2, 0) is 13.0 Å². The van der Waals surface area contributed by atoms with Crippen molar-refractivity contribution in [3.8, 4) is 10.7 Å². The van der Waals surface area contributed by atoms with Gasteiger partial charge in [-0.3, -0.25) is 0 Å². The molecule has 3 aromatic heterocycles. The number of thiophene rings is 1. The van der Waals surface area contributed by atoms with Crippen LogP contribution in [0.25, 0.3) is 10.7 Å². The van der Waals surface area contributed by atoms with Gasteiger partial charge in [0.05, 0.1) is 10.9 Å². The molecule has 4 rings (SSSR count). The molecule has 0 aromatic carbocycles. The zero-order valence-electron chi connectivity index (χ0n) is 13.8. The van der Waals surface area contributed by atoms with E-state index in [1.807, 2.05) is 24.4 Å². The Hall–Kier alpha value is -2.06. The molecule has 126 valence electrons. The number of hydrogen-bond donors (Lipinski definition) is 1. The van der Waals surface area contributed by atoms with Crippen molar-refractivity contribution in [3.63, 3.8) is 0 Å². The van der Waals surface area contributed by atoms with Crippen molar-refractivity contribution in [2.45, 2.75) is 39.3 Å². The monoisotopic (exact) mass is 344 g/mol. The lowest BCUT2D eigenvalue weighted by atomic mass is 9.99. The van der Waals surface area contributed by atoms with Crippen molar-refractivity contribution in [3.05, 3.63) is 35.1 Å². The highest BCUT2D eigenvalue weighted by atomic mass is 32.1. The number of aryl methyl sites for hydroxylation is 2. The van der Waals surface area contributed by atoms with E-state index in [1.165, 1.54) is 0 Å². The van der Waals surface area contributed by atoms with Crippen molar-refractivity contribution in [1.82, 2.24) is 30.2 Å². The highest BCUT2D eigenvalue weighted by Gasteiger charge is 2.23. The predicted molar refractivity (Wildman–Crippen MR) is 90.6 cm³/mol. The van der Waals surface area contributed by atoms with Crippen LogP contribution in [0.3, 0.4) is 0 Å². The second-order valence-electron chi connectivity index (χ2n) is 6.24. The van der Waals surface area contributed by atoms with Gasteiger partial charge in [-0.1, -0.05) is 11.2 Å². The van der Waals surface area contributed by atoms with E-state index in [1.54, 1.807) is 11.3 Å². The molecule has 7 nitrogen and oxygen atoms in total. The quantitative estimate of drug-likeness (QED) is 0.766. The highest BCUT2D eigenvalue weighted by Crippen LogP contribution is 2.24. The fourth-order valence-electron chi connectivity index (χ4n) is 3.04. The first-order valence-corrected chi connectivity index (χ1v) is 9.08. The van der Waals surface area contributed by atoms with Gasteiger partial charge in [0, 0.05) is 19.5 Å². The van der Waals surface area contributed by atoms with Crippen LogP contribution in [0.4, 0.5) is 0 Å². The lowest BCUT2D eigenvalue weighted by Gasteiger charge is -2.25. The first-order valence-electron chi connectivity index (χ1n) is 8.20. The summed E-state index contributed by atoms with van der Waals surface area (Å²) in [5.74, 6) is 3.97. The van der Waals surface area contributed by atoms with Crippen molar-refractivity contribution in [2.75, 3.05) is 6.54 Å². The van der Waals surface area contributed by atoms with Gasteiger partial charge in [-0.25, -0.2) is 0 Å². The lowest BCUT2D eigenvalue weighted by Crippen LogP contribution is -2.32. The Balaban J connectivity index is 1.36. The van der Waals surface area contributed by atoms with Crippen LogP contribution in [0.15, 0.2) is 22.0 Å². The molecule has 0 radical (unpaired) electrons. The normalized spacial score (nSPS) is 18.5. The molecule has 1 N–H and O–H groups in total. The van der Waals surface area contributed by atoms with Crippen molar-refractivity contribution >= 4 is 11.3 Å². The Morgan fingerprint density at radius 1 is 1.46 bits per heavy atom. The van der Waals surface area contributed by atoms with Gasteiger partial charge in [0.2, 0.25) is 11.7 Å². The average molecular weight is 344 g/mol. The molecule has 0 amide bonds. The molecule has 0 saturated carbocycles. The van der Waals surface area contributed by atoms with Gasteiger partial charge in [-0.2, -0.15) is 4.98 Å². The zero-order valence-corrected chi connectivity index (χ0v) is 14.6. The maximum atomic E-state index is 5.41. The van der Waals surface area contributed by atoms with E-state index < -0.39 is 0 Å². The van der Waals surface area contributed by atoms with Crippen LogP contribution in [0.2, 0.25) is 0 Å². The van der Waals surface area contributed by atoms with Crippen LogP contribution in [0.1, 0.15) is 36.9 Å². The van der Waals surface area contributed by atoms with Gasteiger partial charge in [-0.05, 0) is 37.6 Å². The number of fused-ring (bicyclic) bond motifs is 1. The number of nitrogens with one attached hydrogen (secondary N) is 1. The summed E-state index contributed by atoms with van der Waals surface area (Å²) >= 11 is 1.61. The molecule has 4 heterocycles. The smallest absolute Gasteiger partial charge is 0.243 e. The van der Waals surface area contributed by atoms with E-state index in [2.05, 4.69) is 37.1 Å². The van der Waals surface area contributed by atoms with Crippen molar-refractivity contribution in [1.29, 1.82) is 0 Å². The van der Waals surface area contributed by atoms with E-state index in [0.717, 1.165) is 42.5 Å². The second-order valence-corrected chi connectivity index (χ2v) is 7.19. The molecule has 0 unspecified atom stereocenters. The molecule has 1 aliphatic rings. The zero-order chi connectivity index (χ0) is 16.5. The van der Waals surface area contributed by atoms with E-state index in [-0.39, 0.29) is 6.04 Å².